The second-order valence-electron chi connectivity index (χ2n) is 6.30. The van der Waals surface area contributed by atoms with Crippen molar-refractivity contribution in [2.75, 3.05) is 18.1 Å². The molecule has 1 aliphatic rings. The molecule has 0 unspecified atom stereocenters. The summed E-state index contributed by atoms with van der Waals surface area (Å²) in [5.74, 6) is -1.05. The van der Waals surface area contributed by atoms with Crippen molar-refractivity contribution in [3.05, 3.63) is 54.3 Å². The molecule has 0 saturated carbocycles. The number of carbonyl (C=O) groups is 3. The van der Waals surface area contributed by atoms with Gasteiger partial charge in [-0.1, -0.05) is 12.1 Å². The van der Waals surface area contributed by atoms with Gasteiger partial charge in [0.25, 0.3) is 11.8 Å². The maximum Gasteiger partial charge on any atom is 0.279 e. The Balaban J connectivity index is 1.54. The highest BCUT2D eigenvalue weighted by Crippen LogP contribution is 2.30. The summed E-state index contributed by atoms with van der Waals surface area (Å²) in [6.07, 6.45) is -0.800. The SMILES string of the molecule is C[C@@H](Oc1ccc(F)cc1)C(=O)NNC(=O)CN1C(=O)CCOc2ccccc21. The topological polar surface area (TPSA) is 97.0 Å². The van der Waals surface area contributed by atoms with Gasteiger partial charge in [0.2, 0.25) is 5.91 Å². The van der Waals surface area contributed by atoms with Gasteiger partial charge in [-0.2, -0.15) is 0 Å². The molecule has 2 aromatic carbocycles. The molecule has 3 rings (SSSR count). The number of ether oxygens (including phenoxy) is 2. The van der Waals surface area contributed by atoms with Gasteiger partial charge in [-0.15, -0.1) is 0 Å². The minimum atomic E-state index is -0.935. The molecule has 152 valence electrons. The lowest BCUT2D eigenvalue weighted by Gasteiger charge is -2.21. The zero-order valence-electron chi connectivity index (χ0n) is 15.7. The van der Waals surface area contributed by atoms with E-state index in [0.717, 1.165) is 0 Å². The van der Waals surface area contributed by atoms with Crippen LogP contribution >= 0.6 is 0 Å². The molecule has 29 heavy (non-hydrogen) atoms. The number of nitrogens with zero attached hydrogens (tertiary/aromatic N) is 1. The fraction of sp³-hybridized carbons (Fsp3) is 0.250. The van der Waals surface area contributed by atoms with Crippen LogP contribution in [0.3, 0.4) is 0 Å². The predicted octanol–water partition coefficient (Wildman–Crippen LogP) is 1.56. The average Bonchev–Trinajstić information content (AvgIpc) is 2.87. The minimum Gasteiger partial charge on any atom is -0.491 e. The van der Waals surface area contributed by atoms with Crippen LogP contribution in [0.25, 0.3) is 0 Å². The molecule has 0 radical (unpaired) electrons. The first-order valence-electron chi connectivity index (χ1n) is 8.97. The zero-order chi connectivity index (χ0) is 20.8. The van der Waals surface area contributed by atoms with E-state index in [4.69, 9.17) is 9.47 Å². The van der Waals surface area contributed by atoms with Gasteiger partial charge in [-0.3, -0.25) is 30.1 Å². The molecule has 0 fully saturated rings. The van der Waals surface area contributed by atoms with E-state index in [2.05, 4.69) is 10.9 Å². The second kappa shape index (κ2) is 9.05. The number of hydrogen-bond acceptors (Lipinski definition) is 5. The number of halogens is 1. The van der Waals surface area contributed by atoms with E-state index < -0.39 is 23.7 Å². The normalized spacial score (nSPS) is 14.1. The Morgan fingerprint density at radius 3 is 2.66 bits per heavy atom. The molecule has 0 bridgehead atoms. The third-order valence-electron chi connectivity index (χ3n) is 4.15. The lowest BCUT2D eigenvalue weighted by atomic mass is 10.2. The first kappa shape index (κ1) is 20.1. The van der Waals surface area contributed by atoms with Crippen LogP contribution in [0.15, 0.2) is 48.5 Å². The van der Waals surface area contributed by atoms with E-state index in [-0.39, 0.29) is 25.5 Å². The summed E-state index contributed by atoms with van der Waals surface area (Å²) in [7, 11) is 0. The summed E-state index contributed by atoms with van der Waals surface area (Å²) in [4.78, 5) is 38.0. The number of hydrogen-bond donors (Lipinski definition) is 2. The predicted molar refractivity (Wildman–Crippen MR) is 102 cm³/mol. The molecule has 1 heterocycles. The minimum absolute atomic E-state index is 0.136. The van der Waals surface area contributed by atoms with Crippen LogP contribution in [0.2, 0.25) is 0 Å². The van der Waals surface area contributed by atoms with E-state index in [1.165, 1.54) is 36.1 Å². The van der Waals surface area contributed by atoms with Gasteiger partial charge in [0.1, 0.15) is 23.9 Å². The Bertz CT molecular complexity index is 903. The van der Waals surface area contributed by atoms with Crippen molar-refractivity contribution < 1.29 is 28.2 Å². The largest absolute Gasteiger partial charge is 0.491 e. The molecule has 8 nitrogen and oxygen atoms in total. The van der Waals surface area contributed by atoms with E-state index in [1.807, 2.05) is 0 Å². The van der Waals surface area contributed by atoms with Gasteiger partial charge >= 0.3 is 0 Å². The number of hydrazine groups is 1. The van der Waals surface area contributed by atoms with Gasteiger partial charge < -0.3 is 9.47 Å². The first-order valence-corrected chi connectivity index (χ1v) is 8.97. The first-order chi connectivity index (χ1) is 13.9. The fourth-order valence-corrected chi connectivity index (χ4v) is 2.68. The molecule has 0 aromatic heterocycles. The smallest absolute Gasteiger partial charge is 0.279 e. The highest BCUT2D eigenvalue weighted by Gasteiger charge is 2.25. The number of amides is 3. The number of para-hydroxylation sites is 2. The van der Waals surface area contributed by atoms with Gasteiger partial charge in [-0.25, -0.2) is 4.39 Å². The number of anilines is 1. The Morgan fingerprint density at radius 1 is 1.17 bits per heavy atom. The van der Waals surface area contributed by atoms with Gasteiger partial charge in [0.15, 0.2) is 6.10 Å². The Morgan fingerprint density at radius 2 is 1.90 bits per heavy atom. The van der Waals surface area contributed by atoms with E-state index >= 15 is 0 Å². The fourth-order valence-electron chi connectivity index (χ4n) is 2.68. The summed E-state index contributed by atoms with van der Waals surface area (Å²) in [6.45, 7) is 1.42. The van der Waals surface area contributed by atoms with Crippen molar-refractivity contribution in [3.63, 3.8) is 0 Å². The van der Waals surface area contributed by atoms with Gasteiger partial charge in [-0.05, 0) is 43.3 Å². The van der Waals surface area contributed by atoms with Gasteiger partial charge in [0.05, 0.1) is 18.7 Å². The van der Waals surface area contributed by atoms with Crippen LogP contribution in [0.1, 0.15) is 13.3 Å². The number of nitrogens with one attached hydrogen (secondary N) is 2. The van der Waals surface area contributed by atoms with Crippen LogP contribution in [-0.2, 0) is 14.4 Å². The quantitative estimate of drug-likeness (QED) is 0.741. The average molecular weight is 401 g/mol. The number of fused-ring (bicyclic) bond motifs is 1. The maximum absolute atomic E-state index is 12.9. The van der Waals surface area contributed by atoms with Gasteiger partial charge in [0, 0.05) is 0 Å². The van der Waals surface area contributed by atoms with E-state index in [0.29, 0.717) is 17.2 Å². The second-order valence-corrected chi connectivity index (χ2v) is 6.30. The van der Waals surface area contributed by atoms with Crippen LogP contribution in [-0.4, -0.2) is 37.0 Å². The Hall–Kier alpha value is -3.62. The molecule has 1 aliphatic heterocycles. The summed E-state index contributed by atoms with van der Waals surface area (Å²) in [6, 6.07) is 12.1. The molecule has 0 saturated heterocycles. The summed E-state index contributed by atoms with van der Waals surface area (Å²) in [5, 5.41) is 0. The van der Waals surface area contributed by atoms with Crippen LogP contribution in [0, 0.1) is 5.82 Å². The van der Waals surface area contributed by atoms with Crippen LogP contribution < -0.4 is 25.2 Å². The number of carbonyl (C=O) groups excluding carboxylic acids is 3. The van der Waals surface area contributed by atoms with Crippen LogP contribution in [0.5, 0.6) is 11.5 Å². The highest BCUT2D eigenvalue weighted by molar-refractivity contribution is 6.00. The Labute approximate surface area is 166 Å². The number of benzene rings is 2. The maximum atomic E-state index is 12.9. The molecule has 0 spiro atoms. The summed E-state index contributed by atoms with van der Waals surface area (Å²) in [5.41, 5.74) is 5.01. The van der Waals surface area contributed by atoms with Crippen molar-refractivity contribution in [3.8, 4) is 11.5 Å². The molecule has 9 heteroatoms. The van der Waals surface area contributed by atoms with Crippen molar-refractivity contribution >= 4 is 23.4 Å². The summed E-state index contributed by atoms with van der Waals surface area (Å²) >= 11 is 0. The molecule has 3 amide bonds. The monoisotopic (exact) mass is 401 g/mol. The standard InChI is InChI=1S/C20H20FN3O5/c1-13(29-15-8-6-14(21)7-9-15)20(27)23-22-18(25)12-24-16-4-2-3-5-17(16)28-11-10-19(24)26/h2-9,13H,10-12H2,1H3,(H,22,25)(H,23,27)/t13-/m1/s1. The van der Waals surface area contributed by atoms with Crippen molar-refractivity contribution in [1.82, 2.24) is 10.9 Å². The van der Waals surface area contributed by atoms with Crippen LogP contribution in [0.4, 0.5) is 10.1 Å². The molecular formula is C20H20FN3O5. The molecule has 2 N–H and O–H groups in total. The molecule has 1 atom stereocenters. The lowest BCUT2D eigenvalue weighted by Crippen LogP contribution is -2.50. The number of rotatable bonds is 5. The molecular weight excluding hydrogens is 381 g/mol. The van der Waals surface area contributed by atoms with E-state index in [1.54, 1.807) is 24.3 Å². The molecule has 0 aliphatic carbocycles. The van der Waals surface area contributed by atoms with Crippen molar-refractivity contribution in [1.29, 1.82) is 0 Å². The Kier molecular flexibility index (Phi) is 6.28. The highest BCUT2D eigenvalue weighted by atomic mass is 19.1. The van der Waals surface area contributed by atoms with Crippen molar-refractivity contribution in [2.24, 2.45) is 0 Å². The molecule has 2 aromatic rings. The zero-order valence-corrected chi connectivity index (χ0v) is 15.7. The third kappa shape index (κ3) is 5.22. The van der Waals surface area contributed by atoms with E-state index in [9.17, 15) is 18.8 Å². The summed E-state index contributed by atoms with van der Waals surface area (Å²) < 4.78 is 23.8. The van der Waals surface area contributed by atoms with Crippen molar-refractivity contribution in [2.45, 2.75) is 19.4 Å². The third-order valence-corrected chi connectivity index (χ3v) is 4.15. The lowest BCUT2D eigenvalue weighted by molar-refractivity contribution is -0.132.